The van der Waals surface area contributed by atoms with E-state index in [1.54, 1.807) is 18.2 Å². The first-order valence-electron chi connectivity index (χ1n) is 4.93. The van der Waals surface area contributed by atoms with E-state index in [1.165, 1.54) is 7.11 Å². The Bertz CT molecular complexity index is 315. The first-order valence-corrected chi connectivity index (χ1v) is 4.93. The second-order valence-corrected chi connectivity index (χ2v) is 3.37. The van der Waals surface area contributed by atoms with E-state index in [-0.39, 0.29) is 18.4 Å². The van der Waals surface area contributed by atoms with Gasteiger partial charge in [-0.05, 0) is 18.9 Å². The Morgan fingerprint density at radius 1 is 1.47 bits per heavy atom. The molecule has 0 aromatic heterocycles. The average Bonchev–Trinajstić information content (AvgIpc) is 2.26. The van der Waals surface area contributed by atoms with Gasteiger partial charge in [0.1, 0.15) is 0 Å². The lowest BCUT2D eigenvalue weighted by Crippen LogP contribution is -2.11. The van der Waals surface area contributed by atoms with Gasteiger partial charge in [0, 0.05) is 18.2 Å². The van der Waals surface area contributed by atoms with Crippen LogP contribution in [0.3, 0.4) is 0 Å². The third kappa shape index (κ3) is 2.84. The fourth-order valence-corrected chi connectivity index (χ4v) is 1.47. The highest BCUT2D eigenvalue weighted by Gasteiger charge is 2.13. The number of phenols is 1. The van der Waals surface area contributed by atoms with Gasteiger partial charge < -0.3 is 20.7 Å². The standard InChI is InChI=1S/C11H17NO3/c1-15-10-6-2-4-8(11(10)14)9(12)5-3-7-13/h2,4,6,9,13-14H,3,5,7,12H2,1H3/t9-/m1/s1. The first kappa shape index (κ1) is 11.8. The topological polar surface area (TPSA) is 75.7 Å². The van der Waals surface area contributed by atoms with Gasteiger partial charge in [0.15, 0.2) is 11.5 Å². The van der Waals surface area contributed by atoms with E-state index in [0.717, 1.165) is 0 Å². The van der Waals surface area contributed by atoms with Crippen molar-refractivity contribution in [3.63, 3.8) is 0 Å². The van der Waals surface area contributed by atoms with Crippen LogP contribution in [0, 0.1) is 0 Å². The quantitative estimate of drug-likeness (QED) is 0.683. The molecule has 0 amide bonds. The molecule has 0 aliphatic carbocycles. The molecule has 0 unspecified atom stereocenters. The van der Waals surface area contributed by atoms with Crippen LogP contribution in [0.15, 0.2) is 18.2 Å². The molecule has 1 aromatic carbocycles. The number of para-hydroxylation sites is 1. The van der Waals surface area contributed by atoms with Crippen molar-refractivity contribution in [3.05, 3.63) is 23.8 Å². The number of hydrogen-bond donors (Lipinski definition) is 3. The van der Waals surface area contributed by atoms with Gasteiger partial charge in [-0.2, -0.15) is 0 Å². The number of aromatic hydroxyl groups is 1. The molecule has 4 heteroatoms. The smallest absolute Gasteiger partial charge is 0.162 e. The number of rotatable bonds is 5. The first-order chi connectivity index (χ1) is 7.20. The highest BCUT2D eigenvalue weighted by molar-refractivity contribution is 5.46. The summed E-state index contributed by atoms with van der Waals surface area (Å²) in [6.45, 7) is 0.110. The number of hydrogen-bond acceptors (Lipinski definition) is 4. The number of nitrogens with two attached hydrogens (primary N) is 1. The Kier molecular flexibility index (Phi) is 4.39. The van der Waals surface area contributed by atoms with Gasteiger partial charge in [-0.15, -0.1) is 0 Å². The van der Waals surface area contributed by atoms with Gasteiger partial charge in [-0.3, -0.25) is 0 Å². The third-order valence-electron chi connectivity index (χ3n) is 2.32. The normalized spacial score (nSPS) is 12.5. The van der Waals surface area contributed by atoms with Crippen LogP contribution in [0.1, 0.15) is 24.4 Å². The van der Waals surface area contributed by atoms with E-state index in [1.807, 2.05) is 0 Å². The minimum absolute atomic E-state index is 0.0884. The number of methoxy groups -OCH3 is 1. The highest BCUT2D eigenvalue weighted by atomic mass is 16.5. The molecule has 0 saturated heterocycles. The molecule has 1 rings (SSSR count). The molecule has 0 heterocycles. The lowest BCUT2D eigenvalue weighted by Gasteiger charge is -2.14. The van der Waals surface area contributed by atoms with Crippen molar-refractivity contribution >= 4 is 0 Å². The Balaban J connectivity index is 2.83. The van der Waals surface area contributed by atoms with Crippen molar-refractivity contribution in [2.75, 3.05) is 13.7 Å². The molecule has 1 atom stereocenters. The summed E-state index contributed by atoms with van der Waals surface area (Å²) in [7, 11) is 1.50. The van der Waals surface area contributed by atoms with Crippen molar-refractivity contribution < 1.29 is 14.9 Å². The highest BCUT2D eigenvalue weighted by Crippen LogP contribution is 2.33. The Hall–Kier alpha value is -1.26. The minimum atomic E-state index is -0.271. The number of ether oxygens (including phenoxy) is 1. The zero-order chi connectivity index (χ0) is 11.3. The molecule has 0 bridgehead atoms. The van der Waals surface area contributed by atoms with Gasteiger partial charge in [0.25, 0.3) is 0 Å². The van der Waals surface area contributed by atoms with Crippen LogP contribution in [-0.4, -0.2) is 23.9 Å². The summed E-state index contributed by atoms with van der Waals surface area (Å²) >= 11 is 0. The molecule has 0 spiro atoms. The molecule has 4 N–H and O–H groups in total. The van der Waals surface area contributed by atoms with E-state index >= 15 is 0 Å². The molecule has 15 heavy (non-hydrogen) atoms. The fraction of sp³-hybridized carbons (Fsp3) is 0.455. The zero-order valence-corrected chi connectivity index (χ0v) is 8.81. The summed E-state index contributed by atoms with van der Waals surface area (Å²) in [4.78, 5) is 0. The number of aliphatic hydroxyl groups excluding tert-OH is 1. The van der Waals surface area contributed by atoms with Crippen LogP contribution in [-0.2, 0) is 0 Å². The summed E-state index contributed by atoms with van der Waals surface area (Å²) < 4.78 is 4.99. The van der Waals surface area contributed by atoms with Crippen LogP contribution in [0.2, 0.25) is 0 Å². The van der Waals surface area contributed by atoms with E-state index in [0.29, 0.717) is 24.2 Å². The van der Waals surface area contributed by atoms with Gasteiger partial charge in [-0.25, -0.2) is 0 Å². The van der Waals surface area contributed by atoms with Gasteiger partial charge in [-0.1, -0.05) is 12.1 Å². The second kappa shape index (κ2) is 5.58. The monoisotopic (exact) mass is 211 g/mol. The lowest BCUT2D eigenvalue weighted by atomic mass is 10.0. The summed E-state index contributed by atoms with van der Waals surface area (Å²) in [5.74, 6) is 0.511. The van der Waals surface area contributed by atoms with E-state index in [2.05, 4.69) is 0 Å². The van der Waals surface area contributed by atoms with E-state index in [9.17, 15) is 5.11 Å². The molecule has 4 nitrogen and oxygen atoms in total. The van der Waals surface area contributed by atoms with Crippen molar-refractivity contribution in [1.82, 2.24) is 0 Å². The summed E-state index contributed by atoms with van der Waals surface area (Å²) in [6, 6.07) is 4.96. The summed E-state index contributed by atoms with van der Waals surface area (Å²) in [5.41, 5.74) is 6.53. The van der Waals surface area contributed by atoms with Crippen LogP contribution in [0.5, 0.6) is 11.5 Å². The van der Waals surface area contributed by atoms with Gasteiger partial charge in [0.05, 0.1) is 7.11 Å². The Labute approximate surface area is 89.3 Å². The van der Waals surface area contributed by atoms with Crippen LogP contribution < -0.4 is 10.5 Å². The van der Waals surface area contributed by atoms with Gasteiger partial charge in [0.2, 0.25) is 0 Å². The van der Waals surface area contributed by atoms with Crippen molar-refractivity contribution in [2.24, 2.45) is 5.73 Å². The zero-order valence-electron chi connectivity index (χ0n) is 8.81. The maximum absolute atomic E-state index is 9.79. The van der Waals surface area contributed by atoms with Crippen LogP contribution in [0.4, 0.5) is 0 Å². The van der Waals surface area contributed by atoms with Crippen LogP contribution in [0.25, 0.3) is 0 Å². The molecule has 0 radical (unpaired) electrons. The Morgan fingerprint density at radius 3 is 2.80 bits per heavy atom. The molecular formula is C11H17NO3. The van der Waals surface area contributed by atoms with Crippen molar-refractivity contribution in [2.45, 2.75) is 18.9 Å². The molecule has 0 saturated carbocycles. The van der Waals surface area contributed by atoms with Gasteiger partial charge >= 0.3 is 0 Å². The molecule has 0 aliphatic rings. The fourth-order valence-electron chi connectivity index (χ4n) is 1.47. The maximum atomic E-state index is 9.79. The predicted molar refractivity (Wildman–Crippen MR) is 57.9 cm³/mol. The van der Waals surface area contributed by atoms with E-state index < -0.39 is 0 Å². The molecule has 0 aliphatic heterocycles. The predicted octanol–water partition coefficient (Wildman–Crippen LogP) is 1.17. The number of phenolic OH excluding ortho intramolecular Hbond substituents is 1. The number of aliphatic hydroxyl groups is 1. The molecular weight excluding hydrogens is 194 g/mol. The Morgan fingerprint density at radius 2 is 2.20 bits per heavy atom. The summed E-state index contributed by atoms with van der Waals surface area (Å²) in [5, 5.41) is 18.5. The average molecular weight is 211 g/mol. The third-order valence-corrected chi connectivity index (χ3v) is 2.32. The minimum Gasteiger partial charge on any atom is -0.504 e. The largest absolute Gasteiger partial charge is 0.504 e. The number of benzene rings is 1. The molecule has 0 fully saturated rings. The molecule has 1 aromatic rings. The van der Waals surface area contributed by atoms with E-state index in [4.69, 9.17) is 15.6 Å². The van der Waals surface area contributed by atoms with Crippen molar-refractivity contribution in [1.29, 1.82) is 0 Å². The van der Waals surface area contributed by atoms with Crippen LogP contribution >= 0.6 is 0 Å². The SMILES string of the molecule is COc1cccc([C@H](N)CCCO)c1O. The molecule has 84 valence electrons. The summed E-state index contributed by atoms with van der Waals surface area (Å²) in [6.07, 6.45) is 1.26. The second-order valence-electron chi connectivity index (χ2n) is 3.37. The lowest BCUT2D eigenvalue weighted by molar-refractivity contribution is 0.279. The van der Waals surface area contributed by atoms with Crippen molar-refractivity contribution in [3.8, 4) is 11.5 Å². The maximum Gasteiger partial charge on any atom is 0.162 e.